The number of amides is 2. The van der Waals surface area contributed by atoms with Crippen molar-refractivity contribution in [2.45, 2.75) is 27.2 Å². The first-order chi connectivity index (χ1) is 7.63. The van der Waals surface area contributed by atoms with Gasteiger partial charge in [0.1, 0.15) is 0 Å². The first-order valence-corrected chi connectivity index (χ1v) is 6.37. The van der Waals surface area contributed by atoms with Crippen LogP contribution in [0.2, 0.25) is 0 Å². The van der Waals surface area contributed by atoms with Crippen molar-refractivity contribution in [3.8, 4) is 0 Å². The summed E-state index contributed by atoms with van der Waals surface area (Å²) in [5.41, 5.74) is 5.75. The minimum absolute atomic E-state index is 0.176. The number of likely N-dealkylation sites (tertiary alicyclic amines) is 1. The van der Waals surface area contributed by atoms with E-state index >= 15 is 0 Å². The molecule has 0 aromatic heterocycles. The van der Waals surface area contributed by atoms with Crippen LogP contribution in [0.5, 0.6) is 0 Å². The number of rotatable bonds is 3. The van der Waals surface area contributed by atoms with Crippen LogP contribution in [0.3, 0.4) is 0 Å². The van der Waals surface area contributed by atoms with Crippen molar-refractivity contribution in [3.63, 3.8) is 0 Å². The van der Waals surface area contributed by atoms with Gasteiger partial charge < -0.3 is 15.5 Å². The van der Waals surface area contributed by atoms with Gasteiger partial charge in [0.05, 0.1) is 0 Å². The van der Waals surface area contributed by atoms with E-state index < -0.39 is 0 Å². The molecule has 1 saturated heterocycles. The first kappa shape index (κ1) is 13.3. The summed E-state index contributed by atoms with van der Waals surface area (Å²) in [6.45, 7) is 10.2. The number of nitrogens with two attached hydrogens (primary N) is 1. The second-order valence-electron chi connectivity index (χ2n) is 4.66. The molecular weight excluding hydrogens is 202 g/mol. The van der Waals surface area contributed by atoms with E-state index in [0.29, 0.717) is 18.4 Å². The van der Waals surface area contributed by atoms with Gasteiger partial charge in [0.2, 0.25) is 0 Å². The molecule has 0 aromatic rings. The molecule has 1 aliphatic rings. The third-order valence-corrected chi connectivity index (χ3v) is 3.72. The van der Waals surface area contributed by atoms with Gasteiger partial charge in [-0.3, -0.25) is 0 Å². The normalized spacial score (nSPS) is 25.6. The zero-order valence-corrected chi connectivity index (χ0v) is 10.8. The molecule has 16 heavy (non-hydrogen) atoms. The van der Waals surface area contributed by atoms with Crippen molar-refractivity contribution in [2.24, 2.45) is 17.6 Å². The highest BCUT2D eigenvalue weighted by molar-refractivity contribution is 5.74. The minimum atomic E-state index is 0.176. The van der Waals surface area contributed by atoms with Gasteiger partial charge in [-0.15, -0.1) is 0 Å². The summed E-state index contributed by atoms with van der Waals surface area (Å²) in [6.07, 6.45) is 1.08. The molecule has 0 saturated carbocycles. The fourth-order valence-corrected chi connectivity index (χ4v) is 2.32. The number of carbonyl (C=O) groups excluding carboxylic acids is 1. The highest BCUT2D eigenvalue weighted by Gasteiger charge is 2.29. The van der Waals surface area contributed by atoms with E-state index in [1.54, 1.807) is 0 Å². The third-order valence-electron chi connectivity index (χ3n) is 3.72. The van der Waals surface area contributed by atoms with E-state index in [9.17, 15) is 4.79 Å². The summed E-state index contributed by atoms with van der Waals surface area (Å²) in [7, 11) is 0. The summed E-state index contributed by atoms with van der Waals surface area (Å²) >= 11 is 0. The molecule has 0 bridgehead atoms. The van der Waals surface area contributed by atoms with Gasteiger partial charge >= 0.3 is 6.03 Å². The lowest BCUT2D eigenvalue weighted by molar-refractivity contribution is 0.113. The summed E-state index contributed by atoms with van der Waals surface area (Å²) in [6, 6.07) is 0.176. The maximum atomic E-state index is 12.1. The predicted octanol–water partition coefficient (Wildman–Crippen LogP) is 1.36. The van der Waals surface area contributed by atoms with E-state index in [4.69, 9.17) is 5.73 Å². The lowest BCUT2D eigenvalue weighted by Gasteiger charge is -2.38. The minimum Gasteiger partial charge on any atom is -0.330 e. The summed E-state index contributed by atoms with van der Waals surface area (Å²) in [5, 5.41) is 0. The quantitative estimate of drug-likeness (QED) is 0.791. The SMILES string of the molecule is CCN(CC)C(=O)N1CCC(C)C(CN)C1. The Kier molecular flexibility index (Phi) is 5.06. The number of hydrogen-bond acceptors (Lipinski definition) is 2. The smallest absolute Gasteiger partial charge is 0.319 e. The highest BCUT2D eigenvalue weighted by Crippen LogP contribution is 2.22. The maximum absolute atomic E-state index is 12.1. The highest BCUT2D eigenvalue weighted by atomic mass is 16.2. The topological polar surface area (TPSA) is 49.6 Å². The van der Waals surface area contributed by atoms with E-state index in [-0.39, 0.29) is 6.03 Å². The van der Waals surface area contributed by atoms with Gasteiger partial charge in [-0.25, -0.2) is 4.79 Å². The van der Waals surface area contributed by atoms with Gasteiger partial charge in [-0.1, -0.05) is 6.92 Å². The monoisotopic (exact) mass is 227 g/mol. The molecule has 2 atom stereocenters. The zero-order valence-electron chi connectivity index (χ0n) is 10.8. The van der Waals surface area contributed by atoms with Crippen molar-refractivity contribution in [1.82, 2.24) is 9.80 Å². The van der Waals surface area contributed by atoms with Crippen LogP contribution in [0.15, 0.2) is 0 Å². The number of hydrogen-bond donors (Lipinski definition) is 1. The molecule has 4 nitrogen and oxygen atoms in total. The van der Waals surface area contributed by atoms with Crippen molar-refractivity contribution >= 4 is 6.03 Å². The molecule has 1 fully saturated rings. The Morgan fingerprint density at radius 3 is 2.56 bits per heavy atom. The molecule has 1 aliphatic heterocycles. The van der Waals surface area contributed by atoms with Gasteiger partial charge in [-0.05, 0) is 38.6 Å². The molecule has 2 unspecified atom stereocenters. The van der Waals surface area contributed by atoms with Gasteiger partial charge in [0, 0.05) is 26.2 Å². The second kappa shape index (κ2) is 6.09. The Bertz CT molecular complexity index is 228. The maximum Gasteiger partial charge on any atom is 0.319 e. The molecule has 0 spiro atoms. The average Bonchev–Trinajstić information content (AvgIpc) is 2.31. The first-order valence-electron chi connectivity index (χ1n) is 6.37. The molecule has 2 N–H and O–H groups in total. The van der Waals surface area contributed by atoms with Crippen molar-refractivity contribution in [3.05, 3.63) is 0 Å². The number of piperidine rings is 1. The largest absolute Gasteiger partial charge is 0.330 e. The molecule has 0 aromatic carbocycles. The third kappa shape index (κ3) is 2.88. The Hall–Kier alpha value is -0.770. The van der Waals surface area contributed by atoms with E-state index in [0.717, 1.165) is 32.6 Å². The molecule has 2 amide bonds. The summed E-state index contributed by atoms with van der Waals surface area (Å²) in [5.74, 6) is 1.11. The van der Waals surface area contributed by atoms with Crippen LogP contribution in [0.25, 0.3) is 0 Å². The second-order valence-corrected chi connectivity index (χ2v) is 4.66. The lowest BCUT2D eigenvalue weighted by Crippen LogP contribution is -2.50. The molecule has 4 heteroatoms. The van der Waals surface area contributed by atoms with E-state index in [2.05, 4.69) is 6.92 Å². The van der Waals surface area contributed by atoms with Crippen LogP contribution in [0, 0.1) is 11.8 Å². The van der Waals surface area contributed by atoms with Crippen LogP contribution in [-0.4, -0.2) is 48.6 Å². The Morgan fingerprint density at radius 2 is 2.06 bits per heavy atom. The van der Waals surface area contributed by atoms with Crippen LogP contribution in [0.1, 0.15) is 27.2 Å². The molecule has 1 heterocycles. The van der Waals surface area contributed by atoms with E-state index in [1.807, 2.05) is 23.6 Å². The lowest BCUT2D eigenvalue weighted by atomic mass is 9.87. The number of carbonyl (C=O) groups is 1. The number of urea groups is 1. The molecule has 1 rings (SSSR count). The Balaban J connectivity index is 2.57. The van der Waals surface area contributed by atoms with Gasteiger partial charge in [0.25, 0.3) is 0 Å². The summed E-state index contributed by atoms with van der Waals surface area (Å²) in [4.78, 5) is 16.0. The molecule has 0 radical (unpaired) electrons. The van der Waals surface area contributed by atoms with Crippen LogP contribution in [-0.2, 0) is 0 Å². The van der Waals surface area contributed by atoms with Crippen LogP contribution >= 0.6 is 0 Å². The van der Waals surface area contributed by atoms with E-state index in [1.165, 1.54) is 0 Å². The Morgan fingerprint density at radius 1 is 1.44 bits per heavy atom. The Labute approximate surface area is 98.8 Å². The van der Waals surface area contributed by atoms with Crippen molar-refractivity contribution in [1.29, 1.82) is 0 Å². The molecular formula is C12H25N3O. The van der Waals surface area contributed by atoms with Crippen molar-refractivity contribution in [2.75, 3.05) is 32.7 Å². The fourth-order valence-electron chi connectivity index (χ4n) is 2.32. The van der Waals surface area contributed by atoms with Crippen LogP contribution in [0.4, 0.5) is 4.79 Å². The fraction of sp³-hybridized carbons (Fsp3) is 0.917. The van der Waals surface area contributed by atoms with Gasteiger partial charge in [-0.2, -0.15) is 0 Å². The molecule has 0 aliphatic carbocycles. The number of nitrogens with zero attached hydrogens (tertiary/aromatic N) is 2. The van der Waals surface area contributed by atoms with Crippen LogP contribution < -0.4 is 5.73 Å². The summed E-state index contributed by atoms with van der Waals surface area (Å²) < 4.78 is 0. The standard InChI is InChI=1S/C12H25N3O/c1-4-14(5-2)12(16)15-7-6-10(3)11(8-13)9-15/h10-11H,4-9,13H2,1-3H3. The van der Waals surface area contributed by atoms with Gasteiger partial charge in [0.15, 0.2) is 0 Å². The zero-order chi connectivity index (χ0) is 12.1. The van der Waals surface area contributed by atoms with Crippen molar-refractivity contribution < 1.29 is 4.79 Å². The average molecular weight is 227 g/mol. The predicted molar refractivity (Wildman–Crippen MR) is 66.2 cm³/mol. The molecule has 94 valence electrons.